The number of hydrogen-bond acceptors (Lipinski definition) is 3. The fourth-order valence-corrected chi connectivity index (χ4v) is 1.20. The molecule has 80 valence electrons. The van der Waals surface area contributed by atoms with Gasteiger partial charge >= 0.3 is 0 Å². The number of carbonyl (C=O) groups is 1. The van der Waals surface area contributed by atoms with Crippen molar-refractivity contribution in [3.63, 3.8) is 0 Å². The number of nitrogens with zero attached hydrogens (tertiary/aromatic N) is 3. The number of aryl methyl sites for hydroxylation is 1. The second kappa shape index (κ2) is 5.15. The highest BCUT2D eigenvalue weighted by Gasteiger charge is 2.13. The van der Waals surface area contributed by atoms with Gasteiger partial charge in [0, 0.05) is 19.3 Å². The summed E-state index contributed by atoms with van der Waals surface area (Å²) in [6.45, 7) is 1.93. The van der Waals surface area contributed by atoms with Crippen LogP contribution in [0.15, 0.2) is 12.5 Å². The van der Waals surface area contributed by atoms with Gasteiger partial charge in [0.2, 0.25) is 0 Å². The Bertz CT molecular complexity index is 377. The SMILES string of the molecule is CCC(CC#N)NC(=O)c1cn(C)cn1. The summed E-state index contributed by atoms with van der Waals surface area (Å²) in [5.74, 6) is -0.224. The normalized spacial score (nSPS) is 11.8. The summed E-state index contributed by atoms with van der Waals surface area (Å²) in [4.78, 5) is 15.5. The summed E-state index contributed by atoms with van der Waals surface area (Å²) in [7, 11) is 1.80. The number of amides is 1. The van der Waals surface area contributed by atoms with Gasteiger partial charge in [0.05, 0.1) is 18.8 Å². The first kappa shape index (κ1) is 11.2. The minimum absolute atomic E-state index is 0.0930. The van der Waals surface area contributed by atoms with Crippen LogP contribution in [0.25, 0.3) is 0 Å². The third-order valence-electron chi connectivity index (χ3n) is 2.10. The van der Waals surface area contributed by atoms with Gasteiger partial charge in [-0.05, 0) is 6.42 Å². The van der Waals surface area contributed by atoms with Crippen molar-refractivity contribution in [1.29, 1.82) is 5.26 Å². The molecule has 1 atom stereocenters. The monoisotopic (exact) mass is 206 g/mol. The zero-order valence-electron chi connectivity index (χ0n) is 8.90. The minimum Gasteiger partial charge on any atom is -0.347 e. The van der Waals surface area contributed by atoms with E-state index in [1.165, 1.54) is 0 Å². The van der Waals surface area contributed by atoms with Crippen LogP contribution in [0.2, 0.25) is 0 Å². The van der Waals surface area contributed by atoms with Crippen LogP contribution in [0.1, 0.15) is 30.3 Å². The molecular formula is C10H14N4O. The molecule has 1 N–H and O–H groups in total. The number of imidazole rings is 1. The van der Waals surface area contributed by atoms with Gasteiger partial charge in [0.1, 0.15) is 5.69 Å². The molecule has 5 nitrogen and oxygen atoms in total. The molecule has 1 aromatic rings. The highest BCUT2D eigenvalue weighted by molar-refractivity contribution is 5.92. The van der Waals surface area contributed by atoms with Crippen molar-refractivity contribution in [2.75, 3.05) is 0 Å². The van der Waals surface area contributed by atoms with E-state index in [2.05, 4.69) is 10.3 Å². The van der Waals surface area contributed by atoms with Crippen LogP contribution in [0, 0.1) is 11.3 Å². The minimum atomic E-state index is -0.224. The van der Waals surface area contributed by atoms with Crippen molar-refractivity contribution in [3.05, 3.63) is 18.2 Å². The van der Waals surface area contributed by atoms with Gasteiger partial charge in [0.15, 0.2) is 0 Å². The van der Waals surface area contributed by atoms with Gasteiger partial charge in [0.25, 0.3) is 5.91 Å². The molecule has 0 radical (unpaired) electrons. The standard InChI is InChI=1S/C10H14N4O/c1-3-8(4-5-11)13-10(15)9-6-14(2)7-12-9/h6-8H,3-4H2,1-2H3,(H,13,15). The summed E-state index contributed by atoms with van der Waals surface area (Å²) in [5, 5.41) is 11.3. The van der Waals surface area contributed by atoms with Crippen LogP contribution in [-0.2, 0) is 7.05 Å². The summed E-state index contributed by atoms with van der Waals surface area (Å²) in [6.07, 6.45) is 4.29. The molecule has 0 aliphatic rings. The van der Waals surface area contributed by atoms with Crippen molar-refractivity contribution in [2.45, 2.75) is 25.8 Å². The Hall–Kier alpha value is -1.83. The molecule has 0 aliphatic carbocycles. The summed E-state index contributed by atoms with van der Waals surface area (Å²) in [5.41, 5.74) is 0.383. The highest BCUT2D eigenvalue weighted by atomic mass is 16.1. The molecule has 0 spiro atoms. The number of carbonyl (C=O) groups excluding carboxylic acids is 1. The maximum Gasteiger partial charge on any atom is 0.271 e. The third-order valence-corrected chi connectivity index (χ3v) is 2.10. The second-order valence-corrected chi connectivity index (χ2v) is 3.37. The van der Waals surface area contributed by atoms with E-state index >= 15 is 0 Å². The fraction of sp³-hybridized carbons (Fsp3) is 0.500. The molecule has 1 amide bonds. The maximum atomic E-state index is 11.6. The Morgan fingerprint density at radius 3 is 3.00 bits per heavy atom. The lowest BCUT2D eigenvalue weighted by atomic mass is 10.1. The average molecular weight is 206 g/mol. The molecule has 0 bridgehead atoms. The number of nitrogens with one attached hydrogen (secondary N) is 1. The molecule has 0 saturated heterocycles. The molecule has 0 fully saturated rings. The van der Waals surface area contributed by atoms with Crippen LogP contribution >= 0.6 is 0 Å². The Morgan fingerprint density at radius 2 is 2.53 bits per heavy atom. The number of aromatic nitrogens is 2. The van der Waals surface area contributed by atoms with Crippen LogP contribution in [0.4, 0.5) is 0 Å². The van der Waals surface area contributed by atoms with Gasteiger partial charge in [-0.15, -0.1) is 0 Å². The molecule has 1 unspecified atom stereocenters. The average Bonchev–Trinajstić information content (AvgIpc) is 2.64. The molecular weight excluding hydrogens is 192 g/mol. The van der Waals surface area contributed by atoms with Gasteiger partial charge < -0.3 is 9.88 Å². The van der Waals surface area contributed by atoms with E-state index in [-0.39, 0.29) is 11.9 Å². The molecule has 1 heterocycles. The van der Waals surface area contributed by atoms with E-state index in [4.69, 9.17) is 5.26 Å². The lowest BCUT2D eigenvalue weighted by Gasteiger charge is -2.11. The first-order chi connectivity index (χ1) is 7.17. The van der Waals surface area contributed by atoms with Crippen molar-refractivity contribution < 1.29 is 4.79 Å². The third kappa shape index (κ3) is 3.09. The van der Waals surface area contributed by atoms with E-state index in [1.807, 2.05) is 13.0 Å². The predicted octanol–water partition coefficient (Wildman–Crippen LogP) is 0.842. The highest BCUT2D eigenvalue weighted by Crippen LogP contribution is 2.00. The predicted molar refractivity (Wildman–Crippen MR) is 55.0 cm³/mol. The van der Waals surface area contributed by atoms with Gasteiger partial charge in [-0.3, -0.25) is 4.79 Å². The number of nitriles is 1. The zero-order chi connectivity index (χ0) is 11.3. The number of rotatable bonds is 4. The summed E-state index contributed by atoms with van der Waals surface area (Å²) in [6, 6.07) is 1.95. The van der Waals surface area contributed by atoms with Crippen molar-refractivity contribution >= 4 is 5.91 Å². The van der Waals surface area contributed by atoms with Gasteiger partial charge in [-0.1, -0.05) is 6.92 Å². The fourth-order valence-electron chi connectivity index (χ4n) is 1.20. The smallest absolute Gasteiger partial charge is 0.271 e. The lowest BCUT2D eigenvalue weighted by Crippen LogP contribution is -2.34. The van der Waals surface area contributed by atoms with E-state index < -0.39 is 0 Å². The molecule has 1 rings (SSSR count). The molecule has 0 aromatic carbocycles. The number of hydrogen-bond donors (Lipinski definition) is 1. The molecule has 0 aliphatic heterocycles. The van der Waals surface area contributed by atoms with E-state index in [0.717, 1.165) is 6.42 Å². The topological polar surface area (TPSA) is 70.7 Å². The zero-order valence-corrected chi connectivity index (χ0v) is 8.90. The quantitative estimate of drug-likeness (QED) is 0.793. The first-order valence-electron chi connectivity index (χ1n) is 4.83. The van der Waals surface area contributed by atoms with Crippen molar-refractivity contribution in [3.8, 4) is 6.07 Å². The van der Waals surface area contributed by atoms with E-state index in [9.17, 15) is 4.79 Å². The molecule has 15 heavy (non-hydrogen) atoms. The van der Waals surface area contributed by atoms with E-state index in [1.54, 1.807) is 24.1 Å². The van der Waals surface area contributed by atoms with Crippen molar-refractivity contribution in [1.82, 2.24) is 14.9 Å². The Balaban J connectivity index is 2.59. The summed E-state index contributed by atoms with van der Waals surface area (Å²) < 4.78 is 1.71. The van der Waals surface area contributed by atoms with Crippen LogP contribution in [-0.4, -0.2) is 21.5 Å². The van der Waals surface area contributed by atoms with Crippen molar-refractivity contribution in [2.24, 2.45) is 7.05 Å². The Morgan fingerprint density at radius 1 is 1.80 bits per heavy atom. The Labute approximate surface area is 88.7 Å². The maximum absolute atomic E-state index is 11.6. The largest absolute Gasteiger partial charge is 0.347 e. The van der Waals surface area contributed by atoms with Crippen LogP contribution in [0.5, 0.6) is 0 Å². The lowest BCUT2D eigenvalue weighted by molar-refractivity contribution is 0.0932. The van der Waals surface area contributed by atoms with Crippen LogP contribution in [0.3, 0.4) is 0 Å². The Kier molecular flexibility index (Phi) is 3.86. The first-order valence-corrected chi connectivity index (χ1v) is 4.83. The molecule has 0 saturated carbocycles. The second-order valence-electron chi connectivity index (χ2n) is 3.37. The van der Waals surface area contributed by atoms with Gasteiger partial charge in [-0.2, -0.15) is 5.26 Å². The van der Waals surface area contributed by atoms with E-state index in [0.29, 0.717) is 12.1 Å². The van der Waals surface area contributed by atoms with Crippen LogP contribution < -0.4 is 5.32 Å². The molecule has 5 heteroatoms. The summed E-state index contributed by atoms with van der Waals surface area (Å²) >= 11 is 0. The molecule has 1 aromatic heterocycles. The van der Waals surface area contributed by atoms with Gasteiger partial charge in [-0.25, -0.2) is 4.98 Å².